The number of piperidine rings is 1. The van der Waals surface area contributed by atoms with Gasteiger partial charge in [-0.15, -0.1) is 5.10 Å². The van der Waals surface area contributed by atoms with Crippen molar-refractivity contribution in [2.24, 2.45) is 17.8 Å². The maximum absolute atomic E-state index is 4.83. The van der Waals surface area contributed by atoms with Crippen molar-refractivity contribution in [1.29, 1.82) is 0 Å². The van der Waals surface area contributed by atoms with Crippen molar-refractivity contribution in [2.45, 2.75) is 96.7 Å². The van der Waals surface area contributed by atoms with Gasteiger partial charge in [0, 0.05) is 25.8 Å². The maximum atomic E-state index is 4.83. The Morgan fingerprint density at radius 3 is 2.58 bits per heavy atom. The van der Waals surface area contributed by atoms with Crippen molar-refractivity contribution >= 4 is 5.82 Å². The Labute approximate surface area is 198 Å². The Morgan fingerprint density at radius 1 is 1.09 bits per heavy atom. The molecule has 7 heteroatoms. The van der Waals surface area contributed by atoms with Gasteiger partial charge in [-0.05, 0) is 91.2 Å². The minimum Gasteiger partial charge on any atom is -0.357 e. The summed E-state index contributed by atoms with van der Waals surface area (Å²) in [5.74, 6) is 4.25. The van der Waals surface area contributed by atoms with Gasteiger partial charge in [-0.25, -0.2) is 9.67 Å². The zero-order chi connectivity index (χ0) is 22.8. The molecule has 1 N–H and O–H groups in total. The lowest BCUT2D eigenvalue weighted by Crippen LogP contribution is -2.48. The molecule has 0 amide bonds. The van der Waals surface area contributed by atoms with Gasteiger partial charge in [0.25, 0.3) is 0 Å². The van der Waals surface area contributed by atoms with Crippen molar-refractivity contribution in [2.75, 3.05) is 18.0 Å². The van der Waals surface area contributed by atoms with E-state index in [1.165, 1.54) is 56.9 Å². The number of tetrazole rings is 1. The number of anilines is 1. The van der Waals surface area contributed by atoms with E-state index in [-0.39, 0.29) is 5.54 Å². The second kappa shape index (κ2) is 9.69. The summed E-state index contributed by atoms with van der Waals surface area (Å²) in [7, 11) is 0. The zero-order valence-corrected chi connectivity index (χ0v) is 20.7. The van der Waals surface area contributed by atoms with Crippen LogP contribution in [0.1, 0.15) is 96.0 Å². The Kier molecular flexibility index (Phi) is 6.68. The van der Waals surface area contributed by atoms with E-state index >= 15 is 0 Å². The maximum Gasteiger partial charge on any atom is 0.171 e. The molecule has 0 aromatic carbocycles. The van der Waals surface area contributed by atoms with Crippen molar-refractivity contribution in [1.82, 2.24) is 30.5 Å². The number of nitrogens with zero attached hydrogens (tertiary/aromatic N) is 6. The average molecular weight is 452 g/mol. The fourth-order valence-corrected chi connectivity index (χ4v) is 6.14. The molecule has 1 saturated heterocycles. The van der Waals surface area contributed by atoms with E-state index in [1.54, 1.807) is 0 Å². The lowest BCUT2D eigenvalue weighted by atomic mass is 9.80. The van der Waals surface area contributed by atoms with Crippen LogP contribution in [0.2, 0.25) is 0 Å². The third-order valence-corrected chi connectivity index (χ3v) is 8.41. The number of hydrogen-bond acceptors (Lipinski definition) is 6. The van der Waals surface area contributed by atoms with E-state index < -0.39 is 0 Å². The molecule has 0 bridgehead atoms. The summed E-state index contributed by atoms with van der Waals surface area (Å²) in [6, 6.07) is 4.93. The minimum atomic E-state index is -0.148. The van der Waals surface area contributed by atoms with Gasteiger partial charge in [0.05, 0.1) is 11.6 Å². The summed E-state index contributed by atoms with van der Waals surface area (Å²) < 4.78 is 2.16. The molecule has 7 nitrogen and oxygen atoms in total. The molecule has 2 aromatic rings. The first kappa shape index (κ1) is 22.8. The summed E-state index contributed by atoms with van der Waals surface area (Å²) in [6.45, 7) is 10.1. The van der Waals surface area contributed by atoms with Crippen molar-refractivity contribution in [3.63, 3.8) is 0 Å². The highest BCUT2D eigenvalue weighted by Crippen LogP contribution is 2.47. The molecule has 3 fully saturated rings. The van der Waals surface area contributed by atoms with Crippen molar-refractivity contribution in [3.05, 3.63) is 29.7 Å². The highest BCUT2D eigenvalue weighted by atomic mass is 15.6. The van der Waals surface area contributed by atoms with Crippen LogP contribution in [-0.4, -0.2) is 38.3 Å². The smallest absolute Gasteiger partial charge is 0.171 e. The zero-order valence-electron chi connectivity index (χ0n) is 20.7. The first-order valence-corrected chi connectivity index (χ1v) is 13.3. The molecule has 2 saturated carbocycles. The first-order chi connectivity index (χ1) is 16.0. The van der Waals surface area contributed by atoms with Gasteiger partial charge in [-0.1, -0.05) is 33.3 Å². The predicted molar refractivity (Wildman–Crippen MR) is 131 cm³/mol. The van der Waals surface area contributed by atoms with E-state index in [9.17, 15) is 0 Å². The van der Waals surface area contributed by atoms with Crippen LogP contribution in [-0.2, 0) is 12.1 Å². The van der Waals surface area contributed by atoms with Gasteiger partial charge in [-0.3, -0.25) is 0 Å². The van der Waals surface area contributed by atoms with Crippen LogP contribution in [0.5, 0.6) is 0 Å². The molecular formula is C26H41N7. The Bertz CT molecular complexity index is 896. The molecule has 2 aromatic heterocycles. The van der Waals surface area contributed by atoms with Crippen LogP contribution in [0.3, 0.4) is 0 Å². The van der Waals surface area contributed by atoms with Gasteiger partial charge < -0.3 is 10.2 Å². The molecule has 180 valence electrons. The average Bonchev–Trinajstić information content (AvgIpc) is 3.40. The lowest BCUT2D eigenvalue weighted by molar-refractivity contribution is 0.175. The third-order valence-electron chi connectivity index (χ3n) is 8.41. The highest BCUT2D eigenvalue weighted by Gasteiger charge is 2.48. The molecule has 0 radical (unpaired) electrons. The summed E-state index contributed by atoms with van der Waals surface area (Å²) in [6.07, 6.45) is 13.1. The number of hydrogen-bond donors (Lipinski definition) is 1. The van der Waals surface area contributed by atoms with Crippen molar-refractivity contribution in [3.8, 4) is 0 Å². The number of nitrogens with one attached hydrogen (secondary N) is 1. The molecule has 5 rings (SSSR count). The van der Waals surface area contributed by atoms with E-state index in [2.05, 4.69) is 69.5 Å². The molecule has 3 heterocycles. The molecule has 0 spiro atoms. The Balaban J connectivity index is 1.34. The molecule has 2 aliphatic carbocycles. The second-order valence-corrected chi connectivity index (χ2v) is 11.3. The molecule has 1 aliphatic heterocycles. The third kappa shape index (κ3) is 4.66. The van der Waals surface area contributed by atoms with Crippen LogP contribution < -0.4 is 10.2 Å². The van der Waals surface area contributed by atoms with Crippen LogP contribution >= 0.6 is 0 Å². The molecule has 2 unspecified atom stereocenters. The molecule has 33 heavy (non-hydrogen) atoms. The van der Waals surface area contributed by atoms with E-state index in [1.807, 2.05) is 0 Å². The van der Waals surface area contributed by atoms with Crippen LogP contribution in [0.15, 0.2) is 18.3 Å². The van der Waals surface area contributed by atoms with E-state index in [4.69, 9.17) is 4.98 Å². The summed E-state index contributed by atoms with van der Waals surface area (Å²) in [4.78, 5) is 7.27. The largest absolute Gasteiger partial charge is 0.357 e. The second-order valence-electron chi connectivity index (χ2n) is 11.3. The van der Waals surface area contributed by atoms with Gasteiger partial charge in [-0.2, -0.15) is 0 Å². The fraction of sp³-hybridized carbons (Fsp3) is 0.769. The van der Waals surface area contributed by atoms with Gasteiger partial charge >= 0.3 is 0 Å². The summed E-state index contributed by atoms with van der Waals surface area (Å²) in [5.41, 5.74) is 1.09. The van der Waals surface area contributed by atoms with Crippen LogP contribution in [0, 0.1) is 17.8 Å². The Morgan fingerprint density at radius 2 is 1.91 bits per heavy atom. The standard InChI is InChI=1S/C26H41N7/c1-19(2)16-22-6-5-13-26(22,25-29-30-31-33(25)23-7-4-8-23)28-18-21-9-10-24(27-17-21)32-14-11-20(3)12-15-32/h9-10,17,19-20,22-23,28H,4-8,11-16,18H2,1-3H3. The van der Waals surface area contributed by atoms with Crippen LogP contribution in [0.4, 0.5) is 5.82 Å². The Hall–Kier alpha value is -2.02. The fourth-order valence-electron chi connectivity index (χ4n) is 6.14. The predicted octanol–water partition coefficient (Wildman–Crippen LogP) is 4.86. The normalized spacial score (nSPS) is 26.8. The lowest BCUT2D eigenvalue weighted by Gasteiger charge is -2.38. The first-order valence-electron chi connectivity index (χ1n) is 13.3. The van der Waals surface area contributed by atoms with E-state index in [0.717, 1.165) is 43.6 Å². The summed E-state index contributed by atoms with van der Waals surface area (Å²) in [5, 5.41) is 17.3. The number of pyridine rings is 1. The number of rotatable bonds is 8. The SMILES string of the molecule is CC(C)CC1CCCC1(NCc1ccc(N2CCC(C)CC2)nc1)c1nnnn1C1CCC1. The van der Waals surface area contributed by atoms with Crippen molar-refractivity contribution < 1.29 is 0 Å². The molecule has 3 aliphatic rings. The van der Waals surface area contributed by atoms with Crippen LogP contribution in [0.25, 0.3) is 0 Å². The van der Waals surface area contributed by atoms with Gasteiger partial charge in [0.2, 0.25) is 0 Å². The van der Waals surface area contributed by atoms with Gasteiger partial charge in [0.1, 0.15) is 5.82 Å². The molecular weight excluding hydrogens is 410 g/mol. The topological polar surface area (TPSA) is 71.8 Å². The molecule has 2 atom stereocenters. The number of aromatic nitrogens is 5. The quantitative estimate of drug-likeness (QED) is 0.618. The summed E-state index contributed by atoms with van der Waals surface area (Å²) >= 11 is 0. The van der Waals surface area contributed by atoms with E-state index in [0.29, 0.717) is 17.9 Å². The highest BCUT2D eigenvalue weighted by molar-refractivity contribution is 5.39. The minimum absolute atomic E-state index is 0.148. The monoisotopic (exact) mass is 451 g/mol. The van der Waals surface area contributed by atoms with Gasteiger partial charge in [0.15, 0.2) is 5.82 Å².